The maximum atomic E-state index is 11.1. The Kier molecular flexibility index (Phi) is 3.87. The molecule has 0 aliphatic carbocycles. The number of ether oxygens (including phenoxy) is 1. The predicted octanol–water partition coefficient (Wildman–Crippen LogP) is 1.47. The second-order valence-electron chi connectivity index (χ2n) is 4.97. The maximum Gasteiger partial charge on any atom is 0.248 e. The van der Waals surface area contributed by atoms with Crippen molar-refractivity contribution in [3.8, 4) is 5.75 Å². The third kappa shape index (κ3) is 2.82. The number of aryl methyl sites for hydroxylation is 1. The number of nitrogens with two attached hydrogens (primary N) is 1. The molecule has 1 aromatic carbocycles. The summed E-state index contributed by atoms with van der Waals surface area (Å²) in [7, 11) is 0. The van der Waals surface area contributed by atoms with Crippen molar-refractivity contribution < 1.29 is 9.53 Å². The average Bonchev–Trinajstić information content (AvgIpc) is 2.32. The fraction of sp³-hybridized carbons (Fsp3) is 0.500. The van der Waals surface area contributed by atoms with E-state index in [1.807, 2.05) is 19.1 Å². The molecule has 2 rings (SSSR count). The van der Waals surface area contributed by atoms with Gasteiger partial charge in [-0.2, -0.15) is 0 Å². The normalized spacial score (nSPS) is 23.7. The van der Waals surface area contributed by atoms with Crippen LogP contribution in [0.2, 0.25) is 0 Å². The first kappa shape index (κ1) is 12.9. The molecule has 4 nitrogen and oxygen atoms in total. The molecule has 1 amide bonds. The van der Waals surface area contributed by atoms with E-state index in [0.29, 0.717) is 11.5 Å². The molecule has 3 N–H and O–H groups in total. The minimum atomic E-state index is -0.397. The van der Waals surface area contributed by atoms with Gasteiger partial charge in [0.05, 0.1) is 0 Å². The number of primary amides is 1. The number of benzene rings is 1. The van der Waals surface area contributed by atoms with Crippen molar-refractivity contribution in [2.24, 2.45) is 11.7 Å². The summed E-state index contributed by atoms with van der Waals surface area (Å²) in [5, 5.41) is 3.33. The molecule has 1 saturated heterocycles. The lowest BCUT2D eigenvalue weighted by Crippen LogP contribution is -2.42. The number of hydrogen-bond acceptors (Lipinski definition) is 3. The Labute approximate surface area is 108 Å². The second-order valence-corrected chi connectivity index (χ2v) is 4.97. The number of rotatable bonds is 3. The van der Waals surface area contributed by atoms with Crippen LogP contribution in [0.25, 0.3) is 0 Å². The first-order chi connectivity index (χ1) is 8.58. The summed E-state index contributed by atoms with van der Waals surface area (Å²) in [5.74, 6) is 0.951. The Morgan fingerprint density at radius 3 is 2.89 bits per heavy atom. The van der Waals surface area contributed by atoms with Crippen molar-refractivity contribution in [1.29, 1.82) is 0 Å². The Hall–Kier alpha value is -1.55. The molecule has 1 aliphatic heterocycles. The lowest BCUT2D eigenvalue weighted by atomic mass is 9.97. The van der Waals surface area contributed by atoms with Crippen LogP contribution in [0.5, 0.6) is 5.75 Å². The molecule has 0 bridgehead atoms. The van der Waals surface area contributed by atoms with Gasteiger partial charge in [0.2, 0.25) is 5.91 Å². The molecule has 1 fully saturated rings. The minimum Gasteiger partial charge on any atom is -0.489 e. The lowest BCUT2D eigenvalue weighted by Gasteiger charge is -2.30. The lowest BCUT2D eigenvalue weighted by molar-refractivity contribution is 0.0999. The number of carbonyl (C=O) groups is 1. The largest absolute Gasteiger partial charge is 0.489 e. The van der Waals surface area contributed by atoms with E-state index in [4.69, 9.17) is 10.5 Å². The summed E-state index contributed by atoms with van der Waals surface area (Å²) in [6.45, 7) is 6.00. The van der Waals surface area contributed by atoms with Gasteiger partial charge in [0, 0.05) is 12.1 Å². The van der Waals surface area contributed by atoms with Crippen LogP contribution in [-0.2, 0) is 0 Å². The van der Waals surface area contributed by atoms with E-state index in [1.54, 1.807) is 6.07 Å². The Morgan fingerprint density at radius 1 is 1.50 bits per heavy atom. The first-order valence-electron chi connectivity index (χ1n) is 6.35. The monoisotopic (exact) mass is 248 g/mol. The third-order valence-electron chi connectivity index (χ3n) is 3.51. The molecule has 0 saturated carbocycles. The van der Waals surface area contributed by atoms with Crippen molar-refractivity contribution in [2.75, 3.05) is 13.1 Å². The zero-order valence-corrected chi connectivity index (χ0v) is 10.9. The van der Waals surface area contributed by atoms with Crippen molar-refractivity contribution in [3.05, 3.63) is 29.3 Å². The SMILES string of the molecule is Cc1cc(OC2CNCCC2C)ccc1C(N)=O. The Balaban J connectivity index is 2.10. The van der Waals surface area contributed by atoms with Crippen LogP contribution in [-0.4, -0.2) is 25.1 Å². The van der Waals surface area contributed by atoms with E-state index in [0.717, 1.165) is 30.8 Å². The van der Waals surface area contributed by atoms with E-state index in [1.165, 1.54) is 0 Å². The second kappa shape index (κ2) is 5.40. The molecule has 1 aliphatic rings. The smallest absolute Gasteiger partial charge is 0.248 e. The molecule has 2 unspecified atom stereocenters. The van der Waals surface area contributed by atoms with Gasteiger partial charge in [-0.05, 0) is 49.6 Å². The van der Waals surface area contributed by atoms with E-state index < -0.39 is 5.91 Å². The molecule has 0 aromatic heterocycles. The van der Waals surface area contributed by atoms with Crippen LogP contribution >= 0.6 is 0 Å². The van der Waals surface area contributed by atoms with Crippen LogP contribution in [0.1, 0.15) is 29.3 Å². The third-order valence-corrected chi connectivity index (χ3v) is 3.51. The van der Waals surface area contributed by atoms with Gasteiger partial charge in [-0.3, -0.25) is 4.79 Å². The van der Waals surface area contributed by atoms with E-state index in [-0.39, 0.29) is 6.10 Å². The summed E-state index contributed by atoms with van der Waals surface area (Å²) >= 11 is 0. The van der Waals surface area contributed by atoms with Gasteiger partial charge < -0.3 is 15.8 Å². The molecule has 1 heterocycles. The van der Waals surface area contributed by atoms with Gasteiger partial charge in [-0.25, -0.2) is 0 Å². The highest BCUT2D eigenvalue weighted by molar-refractivity contribution is 5.94. The van der Waals surface area contributed by atoms with Gasteiger partial charge in [-0.1, -0.05) is 6.92 Å². The molecule has 1 aromatic rings. The van der Waals surface area contributed by atoms with Crippen molar-refractivity contribution in [2.45, 2.75) is 26.4 Å². The molecule has 4 heteroatoms. The van der Waals surface area contributed by atoms with E-state index in [2.05, 4.69) is 12.2 Å². The van der Waals surface area contributed by atoms with Crippen LogP contribution in [0, 0.1) is 12.8 Å². The number of carbonyl (C=O) groups excluding carboxylic acids is 1. The number of hydrogen-bond donors (Lipinski definition) is 2. The Morgan fingerprint density at radius 2 is 2.28 bits per heavy atom. The average molecular weight is 248 g/mol. The Bertz CT molecular complexity index is 445. The highest BCUT2D eigenvalue weighted by Gasteiger charge is 2.22. The molecular formula is C14H20N2O2. The standard InChI is InChI=1S/C14H20N2O2/c1-9-5-6-16-8-13(9)18-11-3-4-12(14(15)17)10(2)7-11/h3-4,7,9,13,16H,5-6,8H2,1-2H3,(H2,15,17). The summed E-state index contributed by atoms with van der Waals surface area (Å²) in [5.41, 5.74) is 6.69. The maximum absolute atomic E-state index is 11.1. The van der Waals surface area contributed by atoms with Gasteiger partial charge in [0.15, 0.2) is 0 Å². The number of nitrogens with one attached hydrogen (secondary N) is 1. The van der Waals surface area contributed by atoms with E-state index in [9.17, 15) is 4.79 Å². The van der Waals surface area contributed by atoms with Crippen molar-refractivity contribution >= 4 is 5.91 Å². The van der Waals surface area contributed by atoms with Crippen LogP contribution < -0.4 is 15.8 Å². The quantitative estimate of drug-likeness (QED) is 0.851. The minimum absolute atomic E-state index is 0.192. The van der Waals surface area contributed by atoms with Crippen LogP contribution in [0.4, 0.5) is 0 Å². The highest BCUT2D eigenvalue weighted by Crippen LogP contribution is 2.22. The molecule has 0 radical (unpaired) electrons. The molecular weight excluding hydrogens is 228 g/mol. The zero-order chi connectivity index (χ0) is 13.1. The van der Waals surface area contributed by atoms with Crippen molar-refractivity contribution in [3.63, 3.8) is 0 Å². The summed E-state index contributed by atoms with van der Waals surface area (Å²) in [6.07, 6.45) is 1.32. The predicted molar refractivity (Wildman–Crippen MR) is 70.8 cm³/mol. The molecule has 2 atom stereocenters. The fourth-order valence-electron chi connectivity index (χ4n) is 2.28. The molecule has 0 spiro atoms. The number of amides is 1. The van der Waals surface area contributed by atoms with Gasteiger partial charge in [0.1, 0.15) is 11.9 Å². The van der Waals surface area contributed by atoms with Gasteiger partial charge in [0.25, 0.3) is 0 Å². The zero-order valence-electron chi connectivity index (χ0n) is 10.9. The van der Waals surface area contributed by atoms with Crippen molar-refractivity contribution in [1.82, 2.24) is 5.32 Å². The molecule has 18 heavy (non-hydrogen) atoms. The van der Waals surface area contributed by atoms with Gasteiger partial charge >= 0.3 is 0 Å². The van der Waals surface area contributed by atoms with E-state index >= 15 is 0 Å². The highest BCUT2D eigenvalue weighted by atomic mass is 16.5. The van der Waals surface area contributed by atoms with Crippen LogP contribution in [0.15, 0.2) is 18.2 Å². The summed E-state index contributed by atoms with van der Waals surface area (Å²) < 4.78 is 5.97. The topological polar surface area (TPSA) is 64.3 Å². The van der Waals surface area contributed by atoms with Gasteiger partial charge in [-0.15, -0.1) is 0 Å². The summed E-state index contributed by atoms with van der Waals surface area (Å²) in [6, 6.07) is 5.42. The first-order valence-corrected chi connectivity index (χ1v) is 6.35. The molecule has 98 valence electrons. The van der Waals surface area contributed by atoms with Crippen LogP contribution in [0.3, 0.4) is 0 Å². The number of piperidine rings is 1. The fourth-order valence-corrected chi connectivity index (χ4v) is 2.28. The summed E-state index contributed by atoms with van der Waals surface area (Å²) in [4.78, 5) is 11.1.